The van der Waals surface area contributed by atoms with Crippen LogP contribution in [0.5, 0.6) is 0 Å². The van der Waals surface area contributed by atoms with Gasteiger partial charge in [0.1, 0.15) is 5.82 Å². The van der Waals surface area contributed by atoms with E-state index in [1.807, 2.05) is 18.2 Å². The van der Waals surface area contributed by atoms with Gasteiger partial charge in [-0.1, -0.05) is 30.3 Å². The first kappa shape index (κ1) is 17.1. The van der Waals surface area contributed by atoms with E-state index < -0.39 is 5.82 Å². The van der Waals surface area contributed by atoms with Crippen molar-refractivity contribution in [2.24, 2.45) is 0 Å². The molecule has 1 aliphatic rings. The highest BCUT2D eigenvalue weighted by Crippen LogP contribution is 2.27. The van der Waals surface area contributed by atoms with Gasteiger partial charge in [0.2, 0.25) is 5.91 Å². The van der Waals surface area contributed by atoms with Crippen LogP contribution in [0.2, 0.25) is 0 Å². The first-order valence-electron chi connectivity index (χ1n) is 8.50. The topological polar surface area (TPSA) is 49.4 Å². The van der Waals surface area contributed by atoms with Gasteiger partial charge in [-0.2, -0.15) is 0 Å². The van der Waals surface area contributed by atoms with Crippen LogP contribution >= 0.6 is 0 Å². The summed E-state index contributed by atoms with van der Waals surface area (Å²) in [6.07, 6.45) is 1.86. The van der Waals surface area contributed by atoms with Crippen molar-refractivity contribution < 1.29 is 14.0 Å². The molecule has 0 unspecified atom stereocenters. The smallest absolute Gasteiger partial charge is 0.251 e. The molecule has 0 radical (unpaired) electrons. The molecule has 1 N–H and O–H groups in total. The van der Waals surface area contributed by atoms with Crippen LogP contribution in [0.1, 0.15) is 34.7 Å². The minimum absolute atomic E-state index is 0.0355. The molecule has 5 heteroatoms. The van der Waals surface area contributed by atoms with E-state index in [2.05, 4.69) is 17.4 Å². The number of nitrogens with zero attached hydrogens (tertiary/aromatic N) is 1. The van der Waals surface area contributed by atoms with Gasteiger partial charge < -0.3 is 10.2 Å². The Labute approximate surface area is 146 Å². The van der Waals surface area contributed by atoms with Crippen LogP contribution in [-0.4, -0.2) is 36.3 Å². The summed E-state index contributed by atoms with van der Waals surface area (Å²) in [5.41, 5.74) is 1.66. The van der Waals surface area contributed by atoms with Gasteiger partial charge in [-0.25, -0.2) is 4.39 Å². The van der Waals surface area contributed by atoms with E-state index in [1.165, 1.54) is 29.8 Å². The number of benzene rings is 2. The van der Waals surface area contributed by atoms with Crippen LogP contribution in [0.4, 0.5) is 4.39 Å². The lowest BCUT2D eigenvalue weighted by Crippen LogP contribution is -2.43. The van der Waals surface area contributed by atoms with Crippen molar-refractivity contribution in [3.05, 3.63) is 71.5 Å². The predicted molar refractivity (Wildman–Crippen MR) is 93.7 cm³/mol. The molecule has 1 aliphatic heterocycles. The van der Waals surface area contributed by atoms with Crippen LogP contribution in [0.15, 0.2) is 54.6 Å². The second-order valence-electron chi connectivity index (χ2n) is 6.26. The first-order chi connectivity index (χ1) is 12.1. The van der Waals surface area contributed by atoms with Crippen molar-refractivity contribution in [3.63, 3.8) is 0 Å². The number of amides is 2. The van der Waals surface area contributed by atoms with Crippen LogP contribution in [0.25, 0.3) is 0 Å². The maximum absolute atomic E-state index is 12.9. The molecule has 4 nitrogen and oxygen atoms in total. The number of hydrogen-bond donors (Lipinski definition) is 1. The Morgan fingerprint density at radius 3 is 2.28 bits per heavy atom. The number of carbonyl (C=O) groups excluding carboxylic acids is 2. The molecule has 2 aromatic rings. The van der Waals surface area contributed by atoms with E-state index in [0.29, 0.717) is 24.6 Å². The zero-order valence-corrected chi connectivity index (χ0v) is 14.0. The minimum Gasteiger partial charge on any atom is -0.343 e. The second-order valence-corrected chi connectivity index (χ2v) is 6.26. The third kappa shape index (κ3) is 4.44. The van der Waals surface area contributed by atoms with Crippen LogP contribution in [-0.2, 0) is 4.79 Å². The highest BCUT2D eigenvalue weighted by Gasteiger charge is 2.23. The molecule has 2 amide bonds. The van der Waals surface area contributed by atoms with Gasteiger partial charge in [0, 0.05) is 18.7 Å². The maximum Gasteiger partial charge on any atom is 0.251 e. The molecule has 2 aromatic carbocycles. The number of likely N-dealkylation sites (tertiary alicyclic amines) is 1. The molecule has 0 saturated carbocycles. The van der Waals surface area contributed by atoms with E-state index in [0.717, 1.165) is 12.8 Å². The zero-order valence-electron chi connectivity index (χ0n) is 14.0. The number of carbonyl (C=O) groups is 2. The number of halogens is 1. The highest BCUT2D eigenvalue weighted by atomic mass is 19.1. The molecule has 3 rings (SSSR count). The molecule has 0 spiro atoms. The Bertz CT molecular complexity index is 723. The zero-order chi connectivity index (χ0) is 17.6. The van der Waals surface area contributed by atoms with Crippen molar-refractivity contribution >= 4 is 11.8 Å². The largest absolute Gasteiger partial charge is 0.343 e. The van der Waals surface area contributed by atoms with Crippen molar-refractivity contribution in [1.82, 2.24) is 10.2 Å². The van der Waals surface area contributed by atoms with Crippen LogP contribution in [0.3, 0.4) is 0 Å². The van der Waals surface area contributed by atoms with Crippen LogP contribution < -0.4 is 5.32 Å². The Hall–Kier alpha value is -2.69. The number of rotatable bonds is 4. The molecule has 1 saturated heterocycles. The second kappa shape index (κ2) is 7.92. The van der Waals surface area contributed by atoms with Gasteiger partial charge in [-0.3, -0.25) is 9.59 Å². The Kier molecular flexibility index (Phi) is 5.43. The molecule has 0 aliphatic carbocycles. The Morgan fingerprint density at radius 1 is 1.00 bits per heavy atom. The summed E-state index contributed by atoms with van der Waals surface area (Å²) < 4.78 is 12.9. The average Bonchev–Trinajstić information content (AvgIpc) is 2.67. The fourth-order valence-electron chi connectivity index (χ4n) is 3.16. The van der Waals surface area contributed by atoms with Gasteiger partial charge in [0.25, 0.3) is 5.91 Å². The molecule has 1 fully saturated rings. The van der Waals surface area contributed by atoms with Gasteiger partial charge >= 0.3 is 0 Å². The van der Waals surface area contributed by atoms with E-state index >= 15 is 0 Å². The number of piperidine rings is 1. The summed E-state index contributed by atoms with van der Waals surface area (Å²) in [7, 11) is 0. The van der Waals surface area contributed by atoms with Crippen molar-refractivity contribution in [3.8, 4) is 0 Å². The molecular formula is C20H21FN2O2. The molecule has 25 heavy (non-hydrogen) atoms. The van der Waals surface area contributed by atoms with Crippen molar-refractivity contribution in [2.75, 3.05) is 19.6 Å². The lowest BCUT2D eigenvalue weighted by molar-refractivity contribution is -0.131. The predicted octanol–water partition coefficient (Wildman–Crippen LogP) is 2.96. The minimum atomic E-state index is -0.395. The summed E-state index contributed by atoms with van der Waals surface area (Å²) >= 11 is 0. The monoisotopic (exact) mass is 340 g/mol. The number of hydrogen-bond acceptors (Lipinski definition) is 2. The van der Waals surface area contributed by atoms with Gasteiger partial charge in [-0.05, 0) is 48.6 Å². The highest BCUT2D eigenvalue weighted by molar-refractivity contribution is 5.96. The Morgan fingerprint density at radius 2 is 1.64 bits per heavy atom. The van der Waals surface area contributed by atoms with Gasteiger partial charge in [0.15, 0.2) is 0 Å². The molecule has 1 heterocycles. The standard InChI is InChI=1S/C20H21FN2O2/c21-18-8-6-17(7-9-18)20(25)22-14-19(24)23-12-10-16(11-13-23)15-4-2-1-3-5-15/h1-9,16H,10-14H2,(H,22,25). The summed E-state index contributed by atoms with van der Waals surface area (Å²) in [6.45, 7) is 1.36. The third-order valence-corrected chi connectivity index (χ3v) is 4.63. The summed E-state index contributed by atoms with van der Waals surface area (Å²) in [5.74, 6) is -0.359. The molecule has 0 aromatic heterocycles. The van der Waals surface area contributed by atoms with E-state index in [9.17, 15) is 14.0 Å². The lowest BCUT2D eigenvalue weighted by atomic mass is 9.89. The number of nitrogens with one attached hydrogen (secondary N) is 1. The fraction of sp³-hybridized carbons (Fsp3) is 0.300. The Balaban J connectivity index is 1.46. The van der Waals surface area contributed by atoms with Gasteiger partial charge in [0.05, 0.1) is 6.54 Å². The first-order valence-corrected chi connectivity index (χ1v) is 8.50. The van der Waals surface area contributed by atoms with E-state index in [-0.39, 0.29) is 18.4 Å². The SMILES string of the molecule is O=C(NCC(=O)N1CCC(c2ccccc2)CC1)c1ccc(F)cc1. The average molecular weight is 340 g/mol. The molecule has 0 atom stereocenters. The fourth-order valence-corrected chi connectivity index (χ4v) is 3.16. The van der Waals surface area contributed by atoms with E-state index in [1.54, 1.807) is 4.90 Å². The third-order valence-electron chi connectivity index (χ3n) is 4.63. The van der Waals surface area contributed by atoms with Crippen LogP contribution in [0, 0.1) is 5.82 Å². The summed E-state index contributed by atoms with van der Waals surface area (Å²) in [6, 6.07) is 15.6. The summed E-state index contributed by atoms with van der Waals surface area (Å²) in [5, 5.41) is 2.61. The molecule has 130 valence electrons. The lowest BCUT2D eigenvalue weighted by Gasteiger charge is -2.32. The molecular weight excluding hydrogens is 319 g/mol. The van der Waals surface area contributed by atoms with Crippen molar-refractivity contribution in [1.29, 1.82) is 0 Å². The van der Waals surface area contributed by atoms with Gasteiger partial charge in [-0.15, -0.1) is 0 Å². The van der Waals surface area contributed by atoms with Crippen molar-refractivity contribution in [2.45, 2.75) is 18.8 Å². The quantitative estimate of drug-likeness (QED) is 0.930. The molecule has 0 bridgehead atoms. The van der Waals surface area contributed by atoms with E-state index in [4.69, 9.17) is 0 Å². The normalized spacial score (nSPS) is 15.0. The maximum atomic E-state index is 12.9. The summed E-state index contributed by atoms with van der Waals surface area (Å²) in [4.78, 5) is 26.1.